The molecule has 1 rings (SSSR count). The van der Waals surface area contributed by atoms with E-state index in [-0.39, 0.29) is 10.6 Å². The molecule has 0 saturated heterocycles. The molecule has 5 heteroatoms. The van der Waals surface area contributed by atoms with Crippen LogP contribution in [0.1, 0.15) is 18.1 Å². The highest BCUT2D eigenvalue weighted by atomic mass is 35.5. The van der Waals surface area contributed by atoms with Crippen LogP contribution in [0.2, 0.25) is 5.02 Å². The highest BCUT2D eigenvalue weighted by Gasteiger charge is 2.33. The van der Waals surface area contributed by atoms with E-state index >= 15 is 0 Å². The van der Waals surface area contributed by atoms with Gasteiger partial charge < -0.3 is 0 Å². The van der Waals surface area contributed by atoms with Gasteiger partial charge in [-0.1, -0.05) is 17.5 Å². The Kier molecular flexibility index (Phi) is 4.19. The second-order valence-electron chi connectivity index (χ2n) is 3.25. The predicted octanol–water partition coefficient (Wildman–Crippen LogP) is 3.80. The predicted molar refractivity (Wildman–Crippen MR) is 62.4 cm³/mol. The van der Waals surface area contributed by atoms with Gasteiger partial charge in [0.2, 0.25) is 0 Å². The SMILES string of the molecule is CN=C(C)C#Cc1ccc(Cl)cc1C(F)(F)F. The molecule has 0 aliphatic carbocycles. The molecule has 0 unspecified atom stereocenters. The lowest BCUT2D eigenvalue weighted by Crippen LogP contribution is -2.07. The molecule has 1 aromatic rings. The van der Waals surface area contributed by atoms with E-state index in [2.05, 4.69) is 16.8 Å². The Labute approximate surface area is 102 Å². The third-order valence-corrected chi connectivity index (χ3v) is 2.24. The first kappa shape index (κ1) is 13.6. The van der Waals surface area contributed by atoms with Gasteiger partial charge >= 0.3 is 6.18 Å². The van der Waals surface area contributed by atoms with Gasteiger partial charge in [-0.3, -0.25) is 4.99 Å². The maximum absolute atomic E-state index is 12.7. The zero-order valence-corrected chi connectivity index (χ0v) is 9.95. The van der Waals surface area contributed by atoms with Gasteiger partial charge in [-0.25, -0.2) is 0 Å². The first-order valence-corrected chi connectivity index (χ1v) is 5.04. The zero-order chi connectivity index (χ0) is 13.1. The van der Waals surface area contributed by atoms with Crippen molar-refractivity contribution in [1.29, 1.82) is 0 Å². The Morgan fingerprint density at radius 3 is 2.53 bits per heavy atom. The topological polar surface area (TPSA) is 12.4 Å². The molecule has 0 aromatic heterocycles. The van der Waals surface area contributed by atoms with Crippen molar-refractivity contribution in [2.24, 2.45) is 4.99 Å². The first-order chi connectivity index (χ1) is 7.84. The molecule has 0 N–H and O–H groups in total. The van der Waals surface area contributed by atoms with Crippen molar-refractivity contribution in [2.75, 3.05) is 7.05 Å². The Balaban J connectivity index is 3.28. The molecule has 0 saturated carbocycles. The van der Waals surface area contributed by atoms with Gasteiger partial charge in [0.15, 0.2) is 0 Å². The largest absolute Gasteiger partial charge is 0.417 e. The maximum Gasteiger partial charge on any atom is 0.417 e. The number of nitrogens with zero attached hydrogens (tertiary/aromatic N) is 1. The molecule has 17 heavy (non-hydrogen) atoms. The molecule has 0 spiro atoms. The molecule has 0 heterocycles. The van der Waals surface area contributed by atoms with Crippen molar-refractivity contribution in [3.05, 3.63) is 34.3 Å². The smallest absolute Gasteiger partial charge is 0.284 e. The highest BCUT2D eigenvalue weighted by molar-refractivity contribution is 6.30. The standard InChI is InChI=1S/C12H9ClF3N/c1-8(17-2)3-4-9-5-6-10(13)7-11(9)12(14,15)16/h5-7H,1-2H3. The summed E-state index contributed by atoms with van der Waals surface area (Å²) in [4.78, 5) is 3.75. The summed E-state index contributed by atoms with van der Waals surface area (Å²) in [6.07, 6.45) is -4.47. The van der Waals surface area contributed by atoms with Gasteiger partial charge in [-0.05, 0) is 31.0 Å². The fourth-order valence-corrected chi connectivity index (χ4v) is 1.25. The number of hydrogen-bond acceptors (Lipinski definition) is 1. The maximum atomic E-state index is 12.7. The molecule has 0 fully saturated rings. The molecule has 90 valence electrons. The summed E-state index contributed by atoms with van der Waals surface area (Å²) in [7, 11) is 1.52. The molecule has 0 aliphatic heterocycles. The van der Waals surface area contributed by atoms with E-state index in [1.54, 1.807) is 6.92 Å². The van der Waals surface area contributed by atoms with Crippen LogP contribution >= 0.6 is 11.6 Å². The molecule has 1 nitrogen and oxygen atoms in total. The lowest BCUT2D eigenvalue weighted by molar-refractivity contribution is -0.137. The number of rotatable bonds is 0. The van der Waals surface area contributed by atoms with Crippen LogP contribution in [-0.2, 0) is 6.18 Å². The van der Waals surface area contributed by atoms with E-state index in [0.717, 1.165) is 6.07 Å². The summed E-state index contributed by atoms with van der Waals surface area (Å²) >= 11 is 5.54. The number of hydrogen-bond donors (Lipinski definition) is 0. The lowest BCUT2D eigenvalue weighted by Gasteiger charge is -2.09. The summed E-state index contributed by atoms with van der Waals surface area (Å²) in [6, 6.07) is 3.49. The third-order valence-electron chi connectivity index (χ3n) is 2.00. The molecular weight excluding hydrogens is 251 g/mol. The molecule has 0 aliphatic rings. The van der Waals surface area contributed by atoms with Gasteiger partial charge in [0.25, 0.3) is 0 Å². The van der Waals surface area contributed by atoms with Crippen molar-refractivity contribution < 1.29 is 13.2 Å². The average molecular weight is 260 g/mol. The van der Waals surface area contributed by atoms with E-state index in [0.29, 0.717) is 5.71 Å². The van der Waals surface area contributed by atoms with Gasteiger partial charge in [0, 0.05) is 17.6 Å². The summed E-state index contributed by atoms with van der Waals surface area (Å²) in [5.74, 6) is 4.98. The second-order valence-corrected chi connectivity index (χ2v) is 3.68. The van der Waals surface area contributed by atoms with Crippen LogP contribution in [-0.4, -0.2) is 12.8 Å². The Morgan fingerprint density at radius 2 is 2.00 bits per heavy atom. The van der Waals surface area contributed by atoms with E-state index in [1.807, 2.05) is 0 Å². The Morgan fingerprint density at radius 1 is 1.35 bits per heavy atom. The van der Waals surface area contributed by atoms with Crippen molar-refractivity contribution >= 4 is 17.3 Å². The minimum Gasteiger partial charge on any atom is -0.284 e. The third kappa shape index (κ3) is 3.79. The van der Waals surface area contributed by atoms with Gasteiger partial charge in [0.05, 0.1) is 11.3 Å². The van der Waals surface area contributed by atoms with Gasteiger partial charge in [0.1, 0.15) is 0 Å². The van der Waals surface area contributed by atoms with Crippen LogP contribution in [0.15, 0.2) is 23.2 Å². The Bertz CT molecular complexity index is 507. The van der Waals surface area contributed by atoms with E-state index in [1.165, 1.54) is 19.2 Å². The summed E-state index contributed by atoms with van der Waals surface area (Å²) in [5.41, 5.74) is -0.473. The van der Waals surface area contributed by atoms with Crippen molar-refractivity contribution in [2.45, 2.75) is 13.1 Å². The molecule has 0 radical (unpaired) electrons. The van der Waals surface area contributed by atoms with E-state index < -0.39 is 11.7 Å². The van der Waals surface area contributed by atoms with Crippen LogP contribution in [0.3, 0.4) is 0 Å². The van der Waals surface area contributed by atoms with Gasteiger partial charge in [-0.15, -0.1) is 0 Å². The normalized spacial score (nSPS) is 12.0. The minimum absolute atomic E-state index is 0.0313. The van der Waals surface area contributed by atoms with Crippen molar-refractivity contribution in [3.63, 3.8) is 0 Å². The first-order valence-electron chi connectivity index (χ1n) is 4.66. The highest BCUT2D eigenvalue weighted by Crippen LogP contribution is 2.33. The number of alkyl halides is 3. The van der Waals surface area contributed by atoms with Crippen LogP contribution in [0.5, 0.6) is 0 Å². The average Bonchev–Trinajstić information content (AvgIpc) is 2.25. The summed E-state index contributed by atoms with van der Waals surface area (Å²) in [6.45, 7) is 1.62. The van der Waals surface area contributed by atoms with Crippen LogP contribution in [0.4, 0.5) is 13.2 Å². The minimum atomic E-state index is -4.47. The lowest BCUT2D eigenvalue weighted by atomic mass is 10.1. The quantitative estimate of drug-likeness (QED) is 0.496. The number of benzene rings is 1. The molecule has 0 atom stereocenters. The number of aliphatic imine (C=N–C) groups is 1. The fraction of sp³-hybridized carbons (Fsp3) is 0.250. The van der Waals surface area contributed by atoms with Gasteiger partial charge in [-0.2, -0.15) is 13.2 Å². The molecule has 1 aromatic carbocycles. The van der Waals surface area contributed by atoms with Crippen LogP contribution in [0, 0.1) is 11.8 Å². The monoisotopic (exact) mass is 259 g/mol. The van der Waals surface area contributed by atoms with Crippen LogP contribution < -0.4 is 0 Å². The van der Waals surface area contributed by atoms with E-state index in [4.69, 9.17) is 11.6 Å². The fourth-order valence-electron chi connectivity index (χ4n) is 1.07. The molecular formula is C12H9ClF3N. The second kappa shape index (κ2) is 5.24. The van der Waals surface area contributed by atoms with Crippen LogP contribution in [0.25, 0.3) is 0 Å². The Hall–Kier alpha value is -1.47. The molecule has 0 amide bonds. The van der Waals surface area contributed by atoms with E-state index in [9.17, 15) is 13.2 Å². The zero-order valence-electron chi connectivity index (χ0n) is 9.19. The summed E-state index contributed by atoms with van der Waals surface area (Å²) in [5, 5.41) is 0.0313. The summed E-state index contributed by atoms with van der Waals surface area (Å²) < 4.78 is 38.0. The van der Waals surface area contributed by atoms with Crippen molar-refractivity contribution in [3.8, 4) is 11.8 Å². The van der Waals surface area contributed by atoms with Crippen molar-refractivity contribution in [1.82, 2.24) is 0 Å². The number of halogens is 4. The molecule has 0 bridgehead atoms.